The van der Waals surface area contributed by atoms with E-state index in [9.17, 15) is 4.79 Å². The molecule has 2 aromatic carbocycles. The minimum Gasteiger partial charge on any atom is -0.496 e. The van der Waals surface area contributed by atoms with Crippen molar-refractivity contribution in [1.82, 2.24) is 19.8 Å². The maximum atomic E-state index is 13.4. The summed E-state index contributed by atoms with van der Waals surface area (Å²) in [4.78, 5) is 27.2. The van der Waals surface area contributed by atoms with Crippen LogP contribution in [0.3, 0.4) is 0 Å². The topological polar surface area (TPSA) is 95.5 Å². The molecule has 3 aliphatic heterocycles. The molecule has 1 amide bonds. The Morgan fingerprint density at radius 1 is 0.891 bits per heavy atom. The Morgan fingerprint density at radius 3 is 2.29 bits per heavy atom. The fraction of sp³-hybridized carbons (Fsp3) is 0.465. The van der Waals surface area contributed by atoms with Crippen LogP contribution in [0.25, 0.3) is 33.6 Å². The van der Waals surface area contributed by atoms with Crippen molar-refractivity contribution in [3.8, 4) is 45.3 Å². The minimum absolute atomic E-state index is 0.0244. The van der Waals surface area contributed by atoms with Gasteiger partial charge in [0.15, 0.2) is 0 Å². The monoisotopic (exact) mass is 788 g/mol. The highest BCUT2D eigenvalue weighted by Crippen LogP contribution is 2.44. The van der Waals surface area contributed by atoms with E-state index in [1.54, 1.807) is 25.3 Å². The second-order valence-electron chi connectivity index (χ2n) is 15.8. The summed E-state index contributed by atoms with van der Waals surface area (Å²) in [6, 6.07) is 17.7. The van der Waals surface area contributed by atoms with Crippen molar-refractivity contribution >= 4 is 29.3 Å². The summed E-state index contributed by atoms with van der Waals surface area (Å²) in [7, 11) is 3.28. The number of halogens is 2. The third-order valence-electron chi connectivity index (χ3n) is 10.8. The molecule has 4 aromatic rings. The van der Waals surface area contributed by atoms with E-state index < -0.39 is 5.60 Å². The van der Waals surface area contributed by atoms with E-state index in [2.05, 4.69) is 17.0 Å². The molecule has 1 spiro atoms. The average molecular weight is 790 g/mol. The van der Waals surface area contributed by atoms with Crippen molar-refractivity contribution in [3.05, 3.63) is 82.0 Å². The highest BCUT2D eigenvalue weighted by molar-refractivity contribution is 6.39. The van der Waals surface area contributed by atoms with Crippen LogP contribution in [0.1, 0.15) is 57.6 Å². The second kappa shape index (κ2) is 16.7. The lowest BCUT2D eigenvalue weighted by Crippen LogP contribution is -2.57. The quantitative estimate of drug-likeness (QED) is 0.156. The Bertz CT molecular complexity index is 2000. The zero-order valence-electron chi connectivity index (χ0n) is 32.3. The molecule has 7 rings (SSSR count). The summed E-state index contributed by atoms with van der Waals surface area (Å²) in [6.07, 6.45) is 5.10. The van der Waals surface area contributed by atoms with Gasteiger partial charge in [0, 0.05) is 97.1 Å². The molecular weight excluding hydrogens is 739 g/mol. The number of pyridine rings is 2. The van der Waals surface area contributed by atoms with Gasteiger partial charge in [-0.05, 0) is 70.7 Å². The molecule has 55 heavy (non-hydrogen) atoms. The molecule has 3 fully saturated rings. The number of carbonyl (C=O) groups excluding carboxylic acids is 1. The first kappa shape index (κ1) is 39.3. The van der Waals surface area contributed by atoms with Gasteiger partial charge >= 0.3 is 6.09 Å². The van der Waals surface area contributed by atoms with Crippen LogP contribution in [-0.2, 0) is 27.3 Å². The van der Waals surface area contributed by atoms with E-state index in [-0.39, 0.29) is 18.7 Å². The molecule has 292 valence electrons. The number of aromatic nitrogens is 2. The number of likely N-dealkylation sites (tertiary alicyclic amines) is 1. The zero-order valence-corrected chi connectivity index (χ0v) is 33.8. The number of carbonyl (C=O) groups is 1. The van der Waals surface area contributed by atoms with Crippen LogP contribution in [0, 0.1) is 5.41 Å². The van der Waals surface area contributed by atoms with Gasteiger partial charge in [0.1, 0.15) is 11.4 Å². The van der Waals surface area contributed by atoms with E-state index in [4.69, 9.17) is 56.9 Å². The van der Waals surface area contributed by atoms with Crippen LogP contribution < -0.4 is 9.47 Å². The van der Waals surface area contributed by atoms with Crippen LogP contribution >= 0.6 is 23.2 Å². The molecule has 12 heteroatoms. The molecule has 0 unspecified atom stereocenters. The zero-order chi connectivity index (χ0) is 38.7. The van der Waals surface area contributed by atoms with Gasteiger partial charge in [-0.15, -0.1) is 0 Å². The molecule has 0 atom stereocenters. The largest absolute Gasteiger partial charge is 0.496 e. The Balaban J connectivity index is 1.13. The normalized spacial score (nSPS) is 17.4. The van der Waals surface area contributed by atoms with Gasteiger partial charge in [0.25, 0.3) is 0 Å². The first-order valence-electron chi connectivity index (χ1n) is 19.0. The van der Waals surface area contributed by atoms with E-state index >= 15 is 0 Å². The lowest BCUT2D eigenvalue weighted by atomic mass is 9.73. The molecule has 10 nitrogen and oxygen atoms in total. The van der Waals surface area contributed by atoms with Gasteiger partial charge < -0.3 is 28.6 Å². The summed E-state index contributed by atoms with van der Waals surface area (Å²) in [6.45, 7) is 11.8. The SMILES string of the molecule is COc1cc(-c2nccc(-c3cccc(-c4ccc(CN(C(=O)OC(C)(C)C)C5CCOCC5)c(OC)n4)c3Cl)c2Cl)ccc1CN1CC2(CCOCC2)C1. The highest BCUT2D eigenvalue weighted by Gasteiger charge is 2.43. The van der Waals surface area contributed by atoms with Crippen molar-refractivity contribution < 1.29 is 28.5 Å². The molecule has 0 bridgehead atoms. The fourth-order valence-electron chi connectivity index (χ4n) is 7.95. The summed E-state index contributed by atoms with van der Waals surface area (Å²) < 4.78 is 28.6. The lowest BCUT2D eigenvalue weighted by molar-refractivity contribution is -0.0840. The Kier molecular flexibility index (Phi) is 11.9. The molecule has 2 aromatic heterocycles. The van der Waals surface area contributed by atoms with Crippen LogP contribution in [0.15, 0.2) is 60.8 Å². The molecule has 3 aliphatic rings. The first-order valence-corrected chi connectivity index (χ1v) is 19.8. The van der Waals surface area contributed by atoms with Crippen LogP contribution in [0.4, 0.5) is 4.79 Å². The predicted octanol–water partition coefficient (Wildman–Crippen LogP) is 9.33. The molecular formula is C43H50Cl2N4O6. The number of hydrogen-bond acceptors (Lipinski definition) is 9. The standard InChI is InChI=1S/C43H50Cl2N4O6/c1-42(2,3)55-41(50)49(31-14-19-53-20-15-31)25-30-11-12-35(47-40(30)52-5)34-8-6-7-32(37(34)44)33-13-18-46-39(38(33)45)28-9-10-29(36(23-28)51-4)24-48-26-43(27-48)16-21-54-22-17-43/h6-13,18,23,31H,14-17,19-22,24-27H2,1-5H3. The van der Waals surface area contributed by atoms with Crippen molar-refractivity contribution in [2.45, 2.75) is 71.2 Å². The first-order chi connectivity index (χ1) is 26.5. The molecule has 5 heterocycles. The Morgan fingerprint density at radius 2 is 1.58 bits per heavy atom. The van der Waals surface area contributed by atoms with E-state index in [1.165, 1.54) is 0 Å². The minimum atomic E-state index is -0.632. The molecule has 3 saturated heterocycles. The van der Waals surface area contributed by atoms with Gasteiger partial charge in [-0.25, -0.2) is 9.78 Å². The van der Waals surface area contributed by atoms with Gasteiger partial charge in [-0.1, -0.05) is 53.5 Å². The predicted molar refractivity (Wildman–Crippen MR) is 215 cm³/mol. The smallest absolute Gasteiger partial charge is 0.410 e. The fourth-order valence-corrected chi connectivity index (χ4v) is 8.60. The van der Waals surface area contributed by atoms with E-state index in [0.29, 0.717) is 51.5 Å². The Hall–Kier alpha value is -3.93. The number of methoxy groups -OCH3 is 2. The molecule has 0 saturated carbocycles. The summed E-state index contributed by atoms with van der Waals surface area (Å²) in [5.74, 6) is 1.21. The van der Waals surface area contributed by atoms with Crippen molar-refractivity contribution in [2.24, 2.45) is 5.41 Å². The van der Waals surface area contributed by atoms with Gasteiger partial charge in [0.05, 0.1) is 42.2 Å². The van der Waals surface area contributed by atoms with Crippen molar-refractivity contribution in [3.63, 3.8) is 0 Å². The summed E-state index contributed by atoms with van der Waals surface area (Å²) in [5, 5.41) is 0.975. The summed E-state index contributed by atoms with van der Waals surface area (Å²) >= 11 is 14.4. The Labute approximate surface area is 334 Å². The lowest BCUT2D eigenvalue weighted by Gasteiger charge is -2.52. The molecule has 0 N–H and O–H groups in total. The maximum Gasteiger partial charge on any atom is 0.410 e. The van der Waals surface area contributed by atoms with Crippen molar-refractivity contribution in [1.29, 1.82) is 0 Å². The molecule has 0 aliphatic carbocycles. The van der Waals surface area contributed by atoms with Gasteiger partial charge in [-0.3, -0.25) is 9.88 Å². The number of ether oxygens (including phenoxy) is 5. The van der Waals surface area contributed by atoms with Gasteiger partial charge in [0.2, 0.25) is 5.88 Å². The number of rotatable bonds is 10. The van der Waals surface area contributed by atoms with Crippen LogP contribution in [0.2, 0.25) is 10.0 Å². The van der Waals surface area contributed by atoms with Crippen LogP contribution in [0.5, 0.6) is 11.6 Å². The second-order valence-corrected chi connectivity index (χ2v) is 16.5. The summed E-state index contributed by atoms with van der Waals surface area (Å²) in [5.41, 5.74) is 5.99. The number of nitrogens with zero attached hydrogens (tertiary/aromatic N) is 4. The van der Waals surface area contributed by atoms with Gasteiger partial charge in [-0.2, -0.15) is 0 Å². The number of amides is 1. The van der Waals surface area contributed by atoms with Crippen LogP contribution in [-0.4, -0.2) is 91.2 Å². The third kappa shape index (κ3) is 8.74. The highest BCUT2D eigenvalue weighted by atomic mass is 35.5. The van der Waals surface area contributed by atoms with E-state index in [1.807, 2.05) is 63.2 Å². The van der Waals surface area contributed by atoms with E-state index in [0.717, 1.165) is 92.1 Å². The van der Waals surface area contributed by atoms with Crippen molar-refractivity contribution in [2.75, 3.05) is 53.7 Å². The molecule has 0 radical (unpaired) electrons. The number of benzene rings is 2. The average Bonchev–Trinajstić information content (AvgIpc) is 3.17. The number of hydrogen-bond donors (Lipinski definition) is 0. The third-order valence-corrected chi connectivity index (χ3v) is 11.6. The maximum absolute atomic E-state index is 13.4.